The first-order valence-electron chi connectivity index (χ1n) is 9.27. The molecule has 2 atom stereocenters. The Morgan fingerprint density at radius 3 is 2.48 bits per heavy atom. The summed E-state index contributed by atoms with van der Waals surface area (Å²) < 4.78 is 0. The van der Waals surface area contributed by atoms with Crippen molar-refractivity contribution in [1.82, 2.24) is 15.1 Å². The minimum Gasteiger partial charge on any atom is -0.354 e. The number of rotatable bonds is 4. The van der Waals surface area contributed by atoms with Crippen LogP contribution in [0, 0.1) is 5.92 Å². The monoisotopic (exact) mass is 344 g/mol. The van der Waals surface area contributed by atoms with Crippen LogP contribution in [0.2, 0.25) is 0 Å². The van der Waals surface area contributed by atoms with E-state index in [1.807, 2.05) is 40.1 Å². The summed E-state index contributed by atoms with van der Waals surface area (Å²) in [7, 11) is 0. The van der Waals surface area contributed by atoms with E-state index in [2.05, 4.69) is 5.32 Å². The van der Waals surface area contributed by atoms with E-state index < -0.39 is 0 Å². The second kappa shape index (κ2) is 8.34. The van der Waals surface area contributed by atoms with Crippen molar-refractivity contribution in [2.45, 2.75) is 31.7 Å². The van der Waals surface area contributed by atoms with Gasteiger partial charge in [-0.15, -0.1) is 0 Å². The van der Waals surface area contributed by atoms with Gasteiger partial charge in [-0.25, -0.2) is 4.79 Å². The van der Waals surface area contributed by atoms with E-state index in [0.29, 0.717) is 13.1 Å². The molecule has 2 aliphatic heterocycles. The Balaban J connectivity index is 1.49. The second-order valence-electron chi connectivity index (χ2n) is 7.02. The summed E-state index contributed by atoms with van der Waals surface area (Å²) in [5.41, 5.74) is 7.16. The van der Waals surface area contributed by atoms with Crippen LogP contribution in [0.1, 0.15) is 37.3 Å². The fraction of sp³-hybridized carbons (Fsp3) is 0.579. The number of nitrogens with two attached hydrogens (primary N) is 1. The molecule has 0 bridgehead atoms. The Morgan fingerprint density at radius 1 is 1.08 bits per heavy atom. The van der Waals surface area contributed by atoms with E-state index in [0.717, 1.165) is 50.9 Å². The van der Waals surface area contributed by atoms with Crippen LogP contribution in [0.5, 0.6) is 0 Å². The van der Waals surface area contributed by atoms with Crippen molar-refractivity contribution in [3.05, 3.63) is 35.9 Å². The lowest BCUT2D eigenvalue weighted by atomic mass is 9.97. The van der Waals surface area contributed by atoms with Crippen LogP contribution in [0.15, 0.2) is 30.3 Å². The number of hydrogen-bond donors (Lipinski definition) is 2. The number of hydrogen-bond acceptors (Lipinski definition) is 3. The SMILES string of the molecule is NC(CNC(=O)C1CCCN(C(=O)N2CCCC2)C1)c1ccccc1. The van der Waals surface area contributed by atoms with E-state index in [4.69, 9.17) is 5.73 Å². The molecule has 0 aromatic heterocycles. The average molecular weight is 344 g/mol. The highest BCUT2D eigenvalue weighted by atomic mass is 16.2. The van der Waals surface area contributed by atoms with Crippen LogP contribution in [0.4, 0.5) is 4.79 Å². The Bertz CT molecular complexity index is 586. The maximum atomic E-state index is 12.5. The molecule has 3 amide bonds. The van der Waals surface area contributed by atoms with Crippen molar-refractivity contribution >= 4 is 11.9 Å². The van der Waals surface area contributed by atoms with Gasteiger partial charge in [-0.05, 0) is 31.2 Å². The van der Waals surface area contributed by atoms with Crippen molar-refractivity contribution in [3.63, 3.8) is 0 Å². The number of nitrogens with one attached hydrogen (secondary N) is 1. The number of urea groups is 1. The van der Waals surface area contributed by atoms with E-state index >= 15 is 0 Å². The molecule has 1 aromatic carbocycles. The van der Waals surface area contributed by atoms with Gasteiger partial charge in [-0.2, -0.15) is 0 Å². The zero-order valence-corrected chi connectivity index (χ0v) is 14.7. The fourth-order valence-corrected chi connectivity index (χ4v) is 3.65. The predicted octanol–water partition coefficient (Wildman–Crippen LogP) is 1.73. The number of benzene rings is 1. The van der Waals surface area contributed by atoms with Crippen molar-refractivity contribution in [3.8, 4) is 0 Å². The fourth-order valence-electron chi connectivity index (χ4n) is 3.65. The molecule has 2 aliphatic rings. The van der Waals surface area contributed by atoms with Crippen molar-refractivity contribution in [1.29, 1.82) is 0 Å². The molecule has 0 radical (unpaired) electrons. The van der Waals surface area contributed by atoms with Gasteiger partial charge in [-0.1, -0.05) is 30.3 Å². The number of carbonyl (C=O) groups excluding carboxylic acids is 2. The zero-order valence-electron chi connectivity index (χ0n) is 14.7. The normalized spacial score (nSPS) is 21.9. The molecule has 25 heavy (non-hydrogen) atoms. The number of likely N-dealkylation sites (tertiary alicyclic amines) is 2. The largest absolute Gasteiger partial charge is 0.354 e. The van der Waals surface area contributed by atoms with Crippen molar-refractivity contribution in [2.24, 2.45) is 11.7 Å². The van der Waals surface area contributed by atoms with E-state index in [-0.39, 0.29) is 23.9 Å². The molecule has 2 heterocycles. The van der Waals surface area contributed by atoms with Gasteiger partial charge in [0.15, 0.2) is 0 Å². The highest BCUT2D eigenvalue weighted by Crippen LogP contribution is 2.20. The zero-order chi connectivity index (χ0) is 17.6. The van der Waals surface area contributed by atoms with Crippen LogP contribution in [-0.4, -0.2) is 54.5 Å². The van der Waals surface area contributed by atoms with Crippen LogP contribution in [-0.2, 0) is 4.79 Å². The third-order valence-electron chi connectivity index (χ3n) is 5.16. The van der Waals surface area contributed by atoms with Gasteiger partial charge in [0.05, 0.1) is 5.92 Å². The van der Waals surface area contributed by atoms with Gasteiger partial charge in [0, 0.05) is 38.8 Å². The molecule has 0 spiro atoms. The topological polar surface area (TPSA) is 78.7 Å². The third kappa shape index (κ3) is 4.51. The number of carbonyl (C=O) groups is 2. The van der Waals surface area contributed by atoms with Crippen molar-refractivity contribution < 1.29 is 9.59 Å². The molecule has 0 aliphatic carbocycles. The van der Waals surface area contributed by atoms with E-state index in [1.165, 1.54) is 0 Å². The van der Waals surface area contributed by atoms with Gasteiger partial charge in [0.1, 0.15) is 0 Å². The van der Waals surface area contributed by atoms with Gasteiger partial charge in [0.2, 0.25) is 5.91 Å². The molecule has 6 heteroatoms. The lowest BCUT2D eigenvalue weighted by molar-refractivity contribution is -0.126. The number of piperidine rings is 1. The Labute approximate surface area is 149 Å². The van der Waals surface area contributed by atoms with Crippen LogP contribution < -0.4 is 11.1 Å². The molecular formula is C19H28N4O2. The lowest BCUT2D eigenvalue weighted by Crippen LogP contribution is -2.50. The van der Waals surface area contributed by atoms with Gasteiger partial charge >= 0.3 is 6.03 Å². The van der Waals surface area contributed by atoms with E-state index in [1.54, 1.807) is 0 Å². The summed E-state index contributed by atoms with van der Waals surface area (Å²) in [4.78, 5) is 28.8. The number of nitrogens with zero attached hydrogens (tertiary/aromatic N) is 2. The smallest absolute Gasteiger partial charge is 0.320 e. The average Bonchev–Trinajstić information content (AvgIpc) is 3.20. The Morgan fingerprint density at radius 2 is 1.76 bits per heavy atom. The Hall–Kier alpha value is -2.08. The Kier molecular flexibility index (Phi) is 5.91. The van der Waals surface area contributed by atoms with E-state index in [9.17, 15) is 9.59 Å². The highest BCUT2D eigenvalue weighted by molar-refractivity contribution is 5.81. The predicted molar refractivity (Wildman–Crippen MR) is 96.9 cm³/mol. The van der Waals surface area contributed by atoms with Gasteiger partial charge < -0.3 is 20.9 Å². The molecule has 2 unspecified atom stereocenters. The second-order valence-corrected chi connectivity index (χ2v) is 7.02. The highest BCUT2D eigenvalue weighted by Gasteiger charge is 2.31. The quantitative estimate of drug-likeness (QED) is 0.873. The minimum absolute atomic E-state index is 0.00491. The molecular weight excluding hydrogens is 316 g/mol. The maximum absolute atomic E-state index is 12.5. The molecule has 3 rings (SSSR count). The molecule has 1 aromatic rings. The molecule has 2 fully saturated rings. The van der Waals surface area contributed by atoms with Crippen LogP contribution in [0.3, 0.4) is 0 Å². The summed E-state index contributed by atoms with van der Waals surface area (Å²) in [6.07, 6.45) is 3.88. The summed E-state index contributed by atoms with van der Waals surface area (Å²) >= 11 is 0. The minimum atomic E-state index is -0.212. The molecule has 6 nitrogen and oxygen atoms in total. The van der Waals surface area contributed by atoms with Gasteiger partial charge in [0.25, 0.3) is 0 Å². The summed E-state index contributed by atoms with van der Waals surface area (Å²) in [5, 5.41) is 2.96. The van der Waals surface area contributed by atoms with Gasteiger partial charge in [-0.3, -0.25) is 4.79 Å². The molecule has 3 N–H and O–H groups in total. The standard InChI is InChI=1S/C19H28N4O2/c20-17(15-7-2-1-3-8-15)13-21-18(24)16-9-6-12-23(14-16)19(25)22-10-4-5-11-22/h1-3,7-8,16-17H,4-6,9-14,20H2,(H,21,24). The summed E-state index contributed by atoms with van der Waals surface area (Å²) in [6.45, 7) is 3.38. The number of amides is 3. The first kappa shape index (κ1) is 17.7. The first-order valence-corrected chi connectivity index (χ1v) is 9.27. The molecule has 136 valence electrons. The van der Waals surface area contributed by atoms with Crippen molar-refractivity contribution in [2.75, 3.05) is 32.7 Å². The lowest BCUT2D eigenvalue weighted by Gasteiger charge is -2.34. The molecule has 2 saturated heterocycles. The summed E-state index contributed by atoms with van der Waals surface area (Å²) in [6, 6.07) is 9.65. The maximum Gasteiger partial charge on any atom is 0.320 e. The van der Waals surface area contributed by atoms with Crippen LogP contribution in [0.25, 0.3) is 0 Å². The van der Waals surface area contributed by atoms with Crippen LogP contribution >= 0.6 is 0 Å². The molecule has 0 saturated carbocycles. The third-order valence-corrected chi connectivity index (χ3v) is 5.16. The summed E-state index contributed by atoms with van der Waals surface area (Å²) in [5.74, 6) is -0.131. The first-order chi connectivity index (χ1) is 12.1.